The summed E-state index contributed by atoms with van der Waals surface area (Å²) < 4.78 is 7.16. The second kappa shape index (κ2) is 7.59. The summed E-state index contributed by atoms with van der Waals surface area (Å²) in [5.74, 6) is 8.20. The number of hydrogen-bond acceptors (Lipinski definition) is 5. The van der Waals surface area contributed by atoms with Crippen molar-refractivity contribution >= 4 is 23.4 Å². The molecular formula is C17H17ClN4OS. The largest absolute Gasteiger partial charge is 0.493 e. The van der Waals surface area contributed by atoms with Crippen LogP contribution in [0.1, 0.15) is 5.56 Å². The number of nitrogen functional groups attached to an aromatic ring is 1. The van der Waals surface area contributed by atoms with E-state index >= 15 is 0 Å². The average Bonchev–Trinajstić information content (AvgIpc) is 2.93. The summed E-state index contributed by atoms with van der Waals surface area (Å²) in [4.78, 5) is 0. The highest BCUT2D eigenvalue weighted by molar-refractivity contribution is 7.99. The Bertz CT molecular complexity index is 820. The first-order valence-corrected chi connectivity index (χ1v) is 8.78. The van der Waals surface area contributed by atoms with E-state index in [0.717, 1.165) is 11.3 Å². The third-order valence-corrected chi connectivity index (χ3v) is 4.50. The number of halogens is 1. The summed E-state index contributed by atoms with van der Waals surface area (Å²) in [5.41, 5.74) is 2.13. The Hall–Kier alpha value is -2.18. The van der Waals surface area contributed by atoms with Gasteiger partial charge in [0.05, 0.1) is 6.61 Å². The number of rotatable bonds is 6. The van der Waals surface area contributed by atoms with E-state index in [1.54, 1.807) is 6.07 Å². The molecule has 5 nitrogen and oxygen atoms in total. The lowest BCUT2D eigenvalue weighted by molar-refractivity contribution is 0.344. The maximum Gasteiger partial charge on any atom is 0.210 e. The lowest BCUT2D eigenvalue weighted by atomic mass is 10.1. The first-order chi connectivity index (χ1) is 11.6. The highest BCUT2D eigenvalue weighted by Crippen LogP contribution is 2.22. The van der Waals surface area contributed by atoms with E-state index in [1.807, 2.05) is 49.4 Å². The van der Waals surface area contributed by atoms with Gasteiger partial charge in [-0.05, 0) is 25.1 Å². The van der Waals surface area contributed by atoms with Gasteiger partial charge in [-0.1, -0.05) is 59.3 Å². The van der Waals surface area contributed by atoms with Crippen LogP contribution in [0, 0.1) is 6.92 Å². The van der Waals surface area contributed by atoms with Crippen LogP contribution in [0.4, 0.5) is 0 Å². The van der Waals surface area contributed by atoms with E-state index in [0.29, 0.717) is 28.4 Å². The number of benzene rings is 2. The molecule has 0 bridgehead atoms. The second-order valence-corrected chi connectivity index (χ2v) is 6.70. The SMILES string of the molecule is Cc1ccc(-c2nnc(SCCOc3cccc(Cl)c3)n2N)cc1. The minimum absolute atomic E-state index is 0.526. The quantitative estimate of drug-likeness (QED) is 0.411. The zero-order valence-corrected chi connectivity index (χ0v) is 14.7. The molecule has 1 heterocycles. The van der Waals surface area contributed by atoms with Gasteiger partial charge in [-0.3, -0.25) is 0 Å². The third-order valence-electron chi connectivity index (χ3n) is 3.35. The Morgan fingerprint density at radius 1 is 1.17 bits per heavy atom. The molecule has 24 heavy (non-hydrogen) atoms. The third kappa shape index (κ3) is 4.01. The zero-order chi connectivity index (χ0) is 16.9. The number of aromatic nitrogens is 3. The molecule has 0 fully saturated rings. The number of ether oxygens (including phenoxy) is 1. The molecule has 2 N–H and O–H groups in total. The van der Waals surface area contributed by atoms with Crippen LogP contribution in [0.2, 0.25) is 5.02 Å². The van der Waals surface area contributed by atoms with Crippen LogP contribution in [0.15, 0.2) is 53.7 Å². The smallest absolute Gasteiger partial charge is 0.210 e. The average molecular weight is 361 g/mol. The van der Waals surface area contributed by atoms with E-state index in [2.05, 4.69) is 10.2 Å². The minimum Gasteiger partial charge on any atom is -0.493 e. The number of nitrogens with zero attached hydrogens (tertiary/aromatic N) is 3. The highest BCUT2D eigenvalue weighted by atomic mass is 35.5. The van der Waals surface area contributed by atoms with Crippen molar-refractivity contribution in [2.75, 3.05) is 18.2 Å². The summed E-state index contributed by atoms with van der Waals surface area (Å²) in [5, 5.41) is 9.63. The van der Waals surface area contributed by atoms with Crippen molar-refractivity contribution in [2.24, 2.45) is 0 Å². The summed E-state index contributed by atoms with van der Waals surface area (Å²) in [6, 6.07) is 15.3. The number of nitrogens with two attached hydrogens (primary N) is 1. The van der Waals surface area contributed by atoms with Crippen LogP contribution < -0.4 is 10.6 Å². The van der Waals surface area contributed by atoms with Gasteiger partial charge < -0.3 is 10.6 Å². The van der Waals surface area contributed by atoms with E-state index in [9.17, 15) is 0 Å². The Kier molecular flexibility index (Phi) is 5.27. The maximum absolute atomic E-state index is 6.10. The molecule has 1 aromatic heterocycles. The van der Waals surface area contributed by atoms with E-state index in [1.165, 1.54) is 22.0 Å². The van der Waals surface area contributed by atoms with Crippen molar-refractivity contribution in [2.45, 2.75) is 12.1 Å². The van der Waals surface area contributed by atoms with E-state index in [-0.39, 0.29) is 0 Å². The monoisotopic (exact) mass is 360 g/mol. The van der Waals surface area contributed by atoms with Gasteiger partial charge in [0, 0.05) is 16.3 Å². The summed E-state index contributed by atoms with van der Waals surface area (Å²) in [6.45, 7) is 2.57. The minimum atomic E-state index is 0.526. The number of aryl methyl sites for hydroxylation is 1. The maximum atomic E-state index is 6.10. The summed E-state index contributed by atoms with van der Waals surface area (Å²) in [7, 11) is 0. The van der Waals surface area contributed by atoms with Crippen LogP contribution in [0.25, 0.3) is 11.4 Å². The number of hydrogen-bond donors (Lipinski definition) is 1. The first kappa shape index (κ1) is 16.7. The van der Waals surface area contributed by atoms with Crippen LogP contribution in [0.3, 0.4) is 0 Å². The van der Waals surface area contributed by atoms with Gasteiger partial charge in [0.15, 0.2) is 5.82 Å². The first-order valence-electron chi connectivity index (χ1n) is 7.42. The van der Waals surface area contributed by atoms with Gasteiger partial charge in [0.1, 0.15) is 5.75 Å². The standard InChI is InChI=1S/C17H17ClN4OS/c1-12-5-7-13(8-6-12)16-20-21-17(22(16)19)24-10-9-23-15-4-2-3-14(18)11-15/h2-8,11H,9-10,19H2,1H3. The molecule has 2 aromatic carbocycles. The second-order valence-electron chi connectivity index (χ2n) is 5.20. The van der Waals surface area contributed by atoms with Crippen molar-refractivity contribution in [1.82, 2.24) is 14.9 Å². The van der Waals surface area contributed by atoms with Gasteiger partial charge in [-0.15, -0.1) is 10.2 Å². The van der Waals surface area contributed by atoms with Crippen molar-refractivity contribution in [3.05, 3.63) is 59.1 Å². The summed E-state index contributed by atoms with van der Waals surface area (Å²) >= 11 is 7.42. The molecule has 0 amide bonds. The van der Waals surface area contributed by atoms with Gasteiger partial charge in [-0.25, -0.2) is 4.68 Å². The van der Waals surface area contributed by atoms with Gasteiger partial charge in [0.25, 0.3) is 0 Å². The topological polar surface area (TPSA) is 66.0 Å². The van der Waals surface area contributed by atoms with E-state index < -0.39 is 0 Å². The molecule has 3 aromatic rings. The molecule has 0 spiro atoms. The molecule has 3 rings (SSSR count). The fourth-order valence-corrected chi connectivity index (χ4v) is 2.98. The molecule has 0 aliphatic carbocycles. The van der Waals surface area contributed by atoms with Gasteiger partial charge in [-0.2, -0.15) is 0 Å². The van der Waals surface area contributed by atoms with Crippen LogP contribution in [0.5, 0.6) is 5.75 Å². The highest BCUT2D eigenvalue weighted by Gasteiger charge is 2.11. The van der Waals surface area contributed by atoms with E-state index in [4.69, 9.17) is 22.2 Å². The normalized spacial score (nSPS) is 10.8. The molecule has 0 aliphatic rings. The Morgan fingerprint density at radius 3 is 2.71 bits per heavy atom. The van der Waals surface area contributed by atoms with Crippen molar-refractivity contribution < 1.29 is 4.74 Å². The molecular weight excluding hydrogens is 344 g/mol. The molecule has 7 heteroatoms. The molecule has 0 saturated heterocycles. The molecule has 0 radical (unpaired) electrons. The van der Waals surface area contributed by atoms with Gasteiger partial charge >= 0.3 is 0 Å². The molecule has 0 unspecified atom stereocenters. The van der Waals surface area contributed by atoms with Gasteiger partial charge in [0.2, 0.25) is 5.16 Å². The van der Waals surface area contributed by atoms with Crippen LogP contribution >= 0.6 is 23.4 Å². The lowest BCUT2D eigenvalue weighted by Crippen LogP contribution is -2.12. The Balaban J connectivity index is 1.57. The van der Waals surface area contributed by atoms with Crippen LogP contribution in [-0.2, 0) is 0 Å². The predicted molar refractivity (Wildman–Crippen MR) is 98.0 cm³/mol. The predicted octanol–water partition coefficient (Wildman–Crippen LogP) is 3.79. The lowest BCUT2D eigenvalue weighted by Gasteiger charge is -2.06. The van der Waals surface area contributed by atoms with Crippen molar-refractivity contribution in [3.8, 4) is 17.1 Å². The Morgan fingerprint density at radius 2 is 1.96 bits per heavy atom. The molecule has 124 valence electrons. The summed E-state index contributed by atoms with van der Waals surface area (Å²) in [6.07, 6.45) is 0. The van der Waals surface area contributed by atoms with Crippen LogP contribution in [-0.4, -0.2) is 27.2 Å². The fourth-order valence-electron chi connectivity index (χ4n) is 2.12. The Labute approximate surface area is 149 Å². The molecule has 0 saturated carbocycles. The zero-order valence-electron chi connectivity index (χ0n) is 13.1. The fraction of sp³-hybridized carbons (Fsp3) is 0.176. The van der Waals surface area contributed by atoms with Crippen molar-refractivity contribution in [1.29, 1.82) is 0 Å². The molecule has 0 aliphatic heterocycles. The van der Waals surface area contributed by atoms with Crippen molar-refractivity contribution in [3.63, 3.8) is 0 Å². The molecule has 0 atom stereocenters. The number of thioether (sulfide) groups is 1.